The molecule has 8 rings (SSSR count). The first-order valence-electron chi connectivity index (χ1n) is 20.7. The molecular weight excluding hydrogens is 1150 g/mol. The van der Waals surface area contributed by atoms with Crippen LogP contribution >= 0.6 is 0 Å². The van der Waals surface area contributed by atoms with Gasteiger partial charge in [-0.3, -0.25) is 20.4 Å². The predicted octanol–water partition coefficient (Wildman–Crippen LogP) is -6.49. The number of hydrazone groups is 2. The van der Waals surface area contributed by atoms with Crippen molar-refractivity contribution in [3.8, 4) is 0 Å². The molecule has 0 atom stereocenters. The van der Waals surface area contributed by atoms with Gasteiger partial charge in [0.15, 0.2) is 0 Å². The molecule has 2 aliphatic rings. The van der Waals surface area contributed by atoms with Gasteiger partial charge in [0.05, 0.1) is 65.1 Å². The van der Waals surface area contributed by atoms with Gasteiger partial charge in [-0.2, -0.15) is 20.4 Å². The summed E-state index contributed by atoms with van der Waals surface area (Å²) in [5.74, 6) is -2.09. The van der Waals surface area contributed by atoms with Crippen LogP contribution in [0.2, 0.25) is 0 Å². The Hall–Kier alpha value is -5.08. The third-order valence-corrected chi connectivity index (χ3v) is 14.1. The number of ketones is 2. The number of benzene rings is 6. The Morgan fingerprint density at radius 1 is 0.418 bits per heavy atom. The Morgan fingerprint density at radius 3 is 1.35 bits per heavy atom. The number of rotatable bonds is 14. The predicted molar refractivity (Wildman–Crippen MR) is 270 cm³/mol. The third kappa shape index (κ3) is 15.7. The molecular formula is C44H31N13Na4O14S4. The monoisotopic (exact) mass is 1190 g/mol. The zero-order chi connectivity index (χ0) is 54.4. The quantitative estimate of drug-likeness (QED) is 0.0175. The molecule has 0 bridgehead atoms. The first kappa shape index (κ1) is 66.4. The first-order valence-corrected chi connectivity index (χ1v) is 26.3. The van der Waals surface area contributed by atoms with Crippen molar-refractivity contribution in [3.05, 3.63) is 141 Å². The van der Waals surface area contributed by atoms with Crippen LogP contribution in [0.5, 0.6) is 0 Å². The molecule has 0 radical (unpaired) electrons. The summed E-state index contributed by atoms with van der Waals surface area (Å²) in [5, 5.41) is 26.3. The first-order chi connectivity index (χ1) is 35.1. The third-order valence-electron chi connectivity index (χ3n) is 10.6. The van der Waals surface area contributed by atoms with Gasteiger partial charge in [0, 0.05) is 22.5 Å². The van der Waals surface area contributed by atoms with Crippen LogP contribution in [-0.4, -0.2) is 74.9 Å². The molecule has 0 unspecified atom stereocenters. The molecule has 35 heteroatoms. The maximum Gasteiger partial charge on any atom is 1.00 e. The van der Waals surface area contributed by atoms with Crippen LogP contribution in [-0.2, 0) is 40.5 Å². The molecule has 6 aromatic rings. The van der Waals surface area contributed by atoms with Gasteiger partial charge < -0.3 is 46.5 Å². The molecule has 384 valence electrons. The summed E-state index contributed by atoms with van der Waals surface area (Å²) in [6.07, 6.45) is 1.81. The van der Waals surface area contributed by atoms with E-state index in [2.05, 4.69) is 46.8 Å². The van der Waals surface area contributed by atoms with Gasteiger partial charge in [-0.15, -0.1) is 10.2 Å². The topological polar surface area (TPSA) is 477 Å². The number of Topliss-reactive ketones (excluding diaryl/α,β-unsaturated/α-hetero) is 2. The maximum atomic E-state index is 13.7. The van der Waals surface area contributed by atoms with E-state index < -0.39 is 88.8 Å². The average Bonchev–Trinajstić information content (AvgIpc) is 3.33. The summed E-state index contributed by atoms with van der Waals surface area (Å²) in [6.45, 7) is 0. The molecule has 0 saturated heterocycles. The number of nitrogens with two attached hydrogens (primary N) is 4. The fraction of sp³-hybridized carbons (Fsp3) is 0. The number of carbonyl (C=O) groups excluding carboxylic acids is 2. The van der Waals surface area contributed by atoms with Crippen molar-refractivity contribution in [2.45, 2.75) is 9.79 Å². The molecule has 0 heterocycles. The molecule has 27 nitrogen and oxygen atoms in total. The number of allylic oxidation sites excluding steroid dienone is 2. The van der Waals surface area contributed by atoms with Crippen molar-refractivity contribution in [1.29, 1.82) is 0 Å². The Balaban J connectivity index is 0.00000336. The van der Waals surface area contributed by atoms with E-state index in [9.17, 15) is 61.5 Å². The summed E-state index contributed by atoms with van der Waals surface area (Å²) in [6, 6.07) is 22.4. The smallest absolute Gasteiger partial charge is 0.744 e. The fourth-order valence-electron chi connectivity index (χ4n) is 7.07. The van der Waals surface area contributed by atoms with Gasteiger partial charge in [-0.1, -0.05) is 12.1 Å². The molecule has 11 N–H and O–H groups in total. The summed E-state index contributed by atoms with van der Waals surface area (Å²) in [5.41, 5.74) is 25.7. The zero-order valence-electron chi connectivity index (χ0n) is 41.4. The van der Waals surface area contributed by atoms with Crippen LogP contribution in [0, 0.1) is 0 Å². The van der Waals surface area contributed by atoms with Crippen molar-refractivity contribution < 1.29 is 180 Å². The molecule has 0 fully saturated rings. The molecule has 0 aliphatic heterocycles. The van der Waals surface area contributed by atoms with E-state index >= 15 is 0 Å². The molecule has 0 saturated carbocycles. The van der Waals surface area contributed by atoms with Crippen molar-refractivity contribution in [2.24, 2.45) is 30.7 Å². The Kier molecular flexibility index (Phi) is 22.1. The second-order valence-electron chi connectivity index (χ2n) is 15.8. The molecule has 6 aromatic carbocycles. The minimum absolute atomic E-state index is 0. The number of fused-ring (bicyclic) bond motifs is 2. The van der Waals surface area contributed by atoms with Crippen LogP contribution in [0.4, 0.5) is 68.2 Å². The van der Waals surface area contributed by atoms with Gasteiger partial charge in [0.1, 0.15) is 63.3 Å². The van der Waals surface area contributed by atoms with Crippen molar-refractivity contribution >= 4 is 144 Å². The number of nitrogen functional groups attached to an aromatic ring is 4. The van der Waals surface area contributed by atoms with Crippen LogP contribution in [0.3, 0.4) is 0 Å². The Morgan fingerprint density at radius 2 is 0.873 bits per heavy atom. The van der Waals surface area contributed by atoms with Gasteiger partial charge >= 0.3 is 118 Å². The number of hydrogen-bond donors (Lipinski definition) is 7. The van der Waals surface area contributed by atoms with Crippen LogP contribution in [0.15, 0.2) is 159 Å². The SMILES string of the molecule is Nc1ccc(N=Nc2ccc3c(c2)C(=O)/C(=N/Nc2ccc(Nc4ccc(N/N=C5/C(=O)c6cc(N=Nc7cc(S(=O)(=O)[O-])c(N)cc7N)ccc6C=C5S(=O)(=O)[O-])cc4S(=O)(=O)[O-])cc2)C(S(=O)(=O)[O-])=C3)c(N)c1.[Na+].[Na+].[Na+].[Na+]. The van der Waals surface area contributed by atoms with Gasteiger partial charge in [0.25, 0.3) is 0 Å². The normalized spacial score (nSPS) is 14.4. The van der Waals surface area contributed by atoms with E-state index in [4.69, 9.17) is 22.9 Å². The number of anilines is 8. The van der Waals surface area contributed by atoms with Gasteiger partial charge in [-0.25, -0.2) is 33.7 Å². The van der Waals surface area contributed by atoms with Gasteiger partial charge in [0.2, 0.25) is 11.6 Å². The number of nitrogens with zero attached hydrogens (tertiary/aromatic N) is 6. The number of carbonyl (C=O) groups is 2. The van der Waals surface area contributed by atoms with E-state index in [1.807, 2.05) is 0 Å². The molecule has 2 aliphatic carbocycles. The number of azo groups is 2. The standard InChI is InChI=1S/C44H35N13O14S4.4Na/c45-23-3-11-34(31(46)15-23)54-51-26-4-1-21-13-39(74(66,67)68)41(43(58)29(21)16-26)56-50-25-8-6-24(7-9-25)49-35-12-10-28(18-38(35)73(63,64)65)53-57-42-40(75(69,70)71)14-22-2-5-27(17-30(22)44(42)59)52-55-36-20-37(72(60,61)62)33(48)19-32(36)47;;;;/h1-20,49-50,53H,45-48H2,(H,60,61,62)(H,63,64,65)(H,66,67,68)(H,69,70,71);;;;/q;4*+1/p-4/b54-51?,55-52?,56-41+,57-42+;;;;. The minimum atomic E-state index is -5.41. The van der Waals surface area contributed by atoms with E-state index in [0.29, 0.717) is 5.69 Å². The van der Waals surface area contributed by atoms with Crippen LogP contribution in [0.25, 0.3) is 12.2 Å². The summed E-state index contributed by atoms with van der Waals surface area (Å²) < 4.78 is 146. The summed E-state index contributed by atoms with van der Waals surface area (Å²) in [7, 11) is -21.0. The molecule has 0 aromatic heterocycles. The maximum absolute atomic E-state index is 13.7. The average molecular weight is 1190 g/mol. The zero-order valence-corrected chi connectivity index (χ0v) is 52.7. The van der Waals surface area contributed by atoms with E-state index in [-0.39, 0.29) is 197 Å². The van der Waals surface area contributed by atoms with Crippen molar-refractivity contribution in [3.63, 3.8) is 0 Å². The Bertz CT molecular complexity index is 4150. The van der Waals surface area contributed by atoms with Crippen molar-refractivity contribution in [1.82, 2.24) is 0 Å². The minimum Gasteiger partial charge on any atom is -0.744 e. The second-order valence-corrected chi connectivity index (χ2v) is 21.2. The number of nitrogens with one attached hydrogen (secondary N) is 3. The summed E-state index contributed by atoms with van der Waals surface area (Å²) >= 11 is 0. The molecule has 79 heavy (non-hydrogen) atoms. The van der Waals surface area contributed by atoms with Crippen molar-refractivity contribution in [2.75, 3.05) is 39.1 Å². The van der Waals surface area contributed by atoms with Crippen LogP contribution < -0.4 is 157 Å². The summed E-state index contributed by atoms with van der Waals surface area (Å²) in [4.78, 5) is 23.7. The van der Waals surface area contributed by atoms with Crippen LogP contribution in [0.1, 0.15) is 31.8 Å². The van der Waals surface area contributed by atoms with Gasteiger partial charge in [-0.05, 0) is 120 Å². The molecule has 0 spiro atoms. The molecule has 0 amide bonds. The fourth-order valence-corrected chi connectivity index (χ4v) is 9.63. The van der Waals surface area contributed by atoms with E-state index in [0.717, 1.165) is 42.5 Å². The Labute approximate surface area is 537 Å². The van der Waals surface area contributed by atoms with E-state index in [1.165, 1.54) is 72.8 Å². The number of hydrogen-bond acceptors (Lipinski definition) is 27. The van der Waals surface area contributed by atoms with E-state index in [1.54, 1.807) is 6.07 Å². The second kappa shape index (κ2) is 26.2. The largest absolute Gasteiger partial charge is 1.00 e.